The first-order valence-electron chi connectivity index (χ1n) is 6.51. The third kappa shape index (κ3) is 3.70. The summed E-state index contributed by atoms with van der Waals surface area (Å²) in [5.74, 6) is -0.539. The number of halogens is 1. The minimum absolute atomic E-state index is 0.206. The Hall–Kier alpha value is -1.07. The molecule has 1 saturated carbocycles. The van der Waals surface area contributed by atoms with Crippen LogP contribution < -0.4 is 5.32 Å². The van der Waals surface area contributed by atoms with Gasteiger partial charge in [0.2, 0.25) is 0 Å². The minimum Gasteiger partial charge on any atom is -0.478 e. The Balaban J connectivity index is 2.03. The zero-order valence-electron chi connectivity index (χ0n) is 10.6. The lowest BCUT2D eigenvalue weighted by Gasteiger charge is -2.26. The topological polar surface area (TPSA) is 69.6 Å². The molecule has 3 N–H and O–H groups in total. The SMILES string of the molecule is O=C(O)c1c(Br)cccc1NCC1CCCC(O)C1. The van der Waals surface area contributed by atoms with Crippen molar-refractivity contribution in [3.63, 3.8) is 0 Å². The zero-order chi connectivity index (χ0) is 13.8. The van der Waals surface area contributed by atoms with Crippen molar-refractivity contribution in [2.75, 3.05) is 11.9 Å². The summed E-state index contributed by atoms with van der Waals surface area (Å²) in [7, 11) is 0. The van der Waals surface area contributed by atoms with Gasteiger partial charge in [-0.3, -0.25) is 0 Å². The maximum absolute atomic E-state index is 11.2. The highest BCUT2D eigenvalue weighted by Crippen LogP contribution is 2.28. The third-order valence-electron chi connectivity index (χ3n) is 3.56. The molecule has 104 valence electrons. The number of rotatable bonds is 4. The van der Waals surface area contributed by atoms with Crippen LogP contribution in [0, 0.1) is 5.92 Å². The lowest BCUT2D eigenvalue weighted by atomic mass is 9.87. The molecule has 2 rings (SSSR count). The van der Waals surface area contributed by atoms with Gasteiger partial charge in [-0.05, 0) is 53.2 Å². The molecular formula is C14H18BrNO3. The van der Waals surface area contributed by atoms with Crippen LogP contribution >= 0.6 is 15.9 Å². The summed E-state index contributed by atoms with van der Waals surface area (Å²) >= 11 is 3.26. The number of aromatic carboxylic acids is 1. The molecule has 5 heteroatoms. The Morgan fingerprint density at radius 1 is 1.42 bits per heavy atom. The first-order valence-corrected chi connectivity index (χ1v) is 7.31. The number of anilines is 1. The molecule has 4 nitrogen and oxygen atoms in total. The molecule has 1 aliphatic carbocycles. The molecule has 0 saturated heterocycles. The molecule has 0 spiro atoms. The Kier molecular flexibility index (Phi) is 4.82. The van der Waals surface area contributed by atoms with Crippen LogP contribution in [0.1, 0.15) is 36.0 Å². The number of hydrogen-bond donors (Lipinski definition) is 3. The minimum atomic E-state index is -0.946. The quantitative estimate of drug-likeness (QED) is 0.794. The largest absolute Gasteiger partial charge is 0.478 e. The normalized spacial score (nSPS) is 23.1. The first kappa shape index (κ1) is 14.3. The molecule has 2 unspecified atom stereocenters. The van der Waals surface area contributed by atoms with Gasteiger partial charge in [-0.1, -0.05) is 12.5 Å². The molecule has 1 aromatic carbocycles. The standard InChI is InChI=1S/C14H18BrNO3/c15-11-5-2-6-12(13(11)14(18)19)16-8-9-3-1-4-10(17)7-9/h2,5-6,9-10,16-17H,1,3-4,7-8H2,(H,18,19). The monoisotopic (exact) mass is 327 g/mol. The van der Waals surface area contributed by atoms with E-state index in [1.807, 2.05) is 6.07 Å². The van der Waals surface area contributed by atoms with Crippen molar-refractivity contribution in [2.45, 2.75) is 31.8 Å². The molecule has 0 aromatic heterocycles. The van der Waals surface area contributed by atoms with E-state index in [9.17, 15) is 15.0 Å². The van der Waals surface area contributed by atoms with Gasteiger partial charge in [-0.25, -0.2) is 4.79 Å². The van der Waals surface area contributed by atoms with E-state index < -0.39 is 5.97 Å². The predicted octanol–water partition coefficient (Wildman–Crippen LogP) is 3.11. The number of aliphatic hydroxyl groups excluding tert-OH is 1. The first-order chi connectivity index (χ1) is 9.08. The Labute approximate surface area is 121 Å². The van der Waals surface area contributed by atoms with Crippen molar-refractivity contribution in [1.82, 2.24) is 0 Å². The summed E-state index contributed by atoms with van der Waals surface area (Å²) in [6.07, 6.45) is 3.59. The second kappa shape index (κ2) is 6.39. The van der Waals surface area contributed by atoms with Gasteiger partial charge in [0.1, 0.15) is 0 Å². The molecule has 1 aromatic rings. The number of aliphatic hydroxyl groups is 1. The van der Waals surface area contributed by atoms with Crippen LogP contribution in [-0.4, -0.2) is 28.8 Å². The number of benzene rings is 1. The van der Waals surface area contributed by atoms with Gasteiger partial charge in [0.15, 0.2) is 0 Å². The molecule has 19 heavy (non-hydrogen) atoms. The Morgan fingerprint density at radius 3 is 2.89 bits per heavy atom. The fraction of sp³-hybridized carbons (Fsp3) is 0.500. The molecule has 0 aliphatic heterocycles. The molecule has 0 amide bonds. The molecule has 0 radical (unpaired) electrons. The number of hydrogen-bond acceptors (Lipinski definition) is 3. The predicted molar refractivity (Wildman–Crippen MR) is 77.6 cm³/mol. The van der Waals surface area contributed by atoms with E-state index in [1.54, 1.807) is 12.1 Å². The zero-order valence-corrected chi connectivity index (χ0v) is 12.2. The average molecular weight is 328 g/mol. The number of carboxylic acid groups (broad SMARTS) is 1. The second-order valence-corrected chi connectivity index (χ2v) is 5.89. The summed E-state index contributed by atoms with van der Waals surface area (Å²) in [5.41, 5.74) is 0.890. The van der Waals surface area contributed by atoms with Gasteiger partial charge in [0, 0.05) is 16.7 Å². The van der Waals surface area contributed by atoms with E-state index in [0.717, 1.165) is 25.7 Å². The molecule has 0 heterocycles. The van der Waals surface area contributed by atoms with Gasteiger partial charge >= 0.3 is 5.97 Å². The van der Waals surface area contributed by atoms with Crippen LogP contribution in [0.15, 0.2) is 22.7 Å². The summed E-state index contributed by atoms with van der Waals surface area (Å²) in [4.78, 5) is 11.2. The summed E-state index contributed by atoms with van der Waals surface area (Å²) in [6.45, 7) is 0.702. The average Bonchev–Trinajstić information content (AvgIpc) is 2.36. The van der Waals surface area contributed by atoms with E-state index in [4.69, 9.17) is 0 Å². The van der Waals surface area contributed by atoms with Gasteiger partial charge in [-0.2, -0.15) is 0 Å². The molecular weight excluding hydrogens is 310 g/mol. The van der Waals surface area contributed by atoms with Crippen molar-refractivity contribution < 1.29 is 15.0 Å². The van der Waals surface area contributed by atoms with Gasteiger partial charge < -0.3 is 15.5 Å². The lowest BCUT2D eigenvalue weighted by molar-refractivity contribution is 0.0696. The number of nitrogens with one attached hydrogen (secondary N) is 1. The van der Waals surface area contributed by atoms with Crippen LogP contribution in [-0.2, 0) is 0 Å². The van der Waals surface area contributed by atoms with Crippen molar-refractivity contribution in [3.05, 3.63) is 28.2 Å². The van der Waals surface area contributed by atoms with E-state index in [-0.39, 0.29) is 11.7 Å². The van der Waals surface area contributed by atoms with Crippen LogP contribution in [0.25, 0.3) is 0 Å². The maximum atomic E-state index is 11.2. The molecule has 1 aliphatic rings. The highest BCUT2D eigenvalue weighted by molar-refractivity contribution is 9.10. The van der Waals surface area contributed by atoms with Gasteiger partial charge in [-0.15, -0.1) is 0 Å². The second-order valence-electron chi connectivity index (χ2n) is 5.03. The third-order valence-corrected chi connectivity index (χ3v) is 4.22. The molecule has 2 atom stereocenters. The van der Waals surface area contributed by atoms with Crippen LogP contribution in [0.2, 0.25) is 0 Å². The summed E-state index contributed by atoms with van der Waals surface area (Å²) < 4.78 is 0.577. The van der Waals surface area contributed by atoms with Gasteiger partial charge in [0.05, 0.1) is 11.7 Å². The Bertz CT molecular complexity index is 464. The van der Waals surface area contributed by atoms with E-state index in [2.05, 4.69) is 21.2 Å². The fourth-order valence-corrected chi connectivity index (χ4v) is 3.13. The lowest BCUT2D eigenvalue weighted by Crippen LogP contribution is -2.25. The summed E-state index contributed by atoms with van der Waals surface area (Å²) in [5, 5.41) is 22.1. The number of carboxylic acids is 1. The van der Waals surface area contributed by atoms with Crippen LogP contribution in [0.5, 0.6) is 0 Å². The Morgan fingerprint density at radius 2 is 2.21 bits per heavy atom. The maximum Gasteiger partial charge on any atom is 0.338 e. The summed E-state index contributed by atoms with van der Waals surface area (Å²) in [6, 6.07) is 5.31. The molecule has 0 bridgehead atoms. The van der Waals surface area contributed by atoms with Crippen LogP contribution in [0.3, 0.4) is 0 Å². The highest BCUT2D eigenvalue weighted by Gasteiger charge is 2.21. The van der Waals surface area contributed by atoms with Crippen molar-refractivity contribution in [1.29, 1.82) is 0 Å². The van der Waals surface area contributed by atoms with Crippen molar-refractivity contribution in [3.8, 4) is 0 Å². The van der Waals surface area contributed by atoms with Gasteiger partial charge in [0.25, 0.3) is 0 Å². The van der Waals surface area contributed by atoms with E-state index in [1.165, 1.54) is 0 Å². The van der Waals surface area contributed by atoms with E-state index >= 15 is 0 Å². The molecule has 1 fully saturated rings. The fourth-order valence-electron chi connectivity index (χ4n) is 2.59. The van der Waals surface area contributed by atoms with E-state index in [0.29, 0.717) is 22.6 Å². The number of carbonyl (C=O) groups is 1. The highest BCUT2D eigenvalue weighted by atomic mass is 79.9. The van der Waals surface area contributed by atoms with Crippen molar-refractivity contribution >= 4 is 27.6 Å². The van der Waals surface area contributed by atoms with Crippen molar-refractivity contribution in [2.24, 2.45) is 5.92 Å². The van der Waals surface area contributed by atoms with Crippen LogP contribution in [0.4, 0.5) is 5.69 Å². The smallest absolute Gasteiger partial charge is 0.338 e.